The molecule has 0 unspecified atom stereocenters. The van der Waals surface area contributed by atoms with Crippen LogP contribution >= 0.6 is 0 Å². The van der Waals surface area contributed by atoms with Crippen molar-refractivity contribution in [3.8, 4) is 0 Å². The van der Waals surface area contributed by atoms with Crippen molar-refractivity contribution in [2.45, 2.75) is 55.1 Å². The smallest absolute Gasteiger partial charge is 0.187 e. The molecule has 0 radical (unpaired) electrons. The fraction of sp³-hybridized carbons (Fsp3) is 0.917. The lowest BCUT2D eigenvalue weighted by atomic mass is 9.98. The Morgan fingerprint density at radius 1 is 1.13 bits per heavy atom. The maximum atomic E-state index is 10.8. The fourth-order valence-corrected chi connectivity index (χ4v) is 2.14. The summed E-state index contributed by atoms with van der Waals surface area (Å²) < 4.78 is 10.2. The van der Waals surface area contributed by atoms with Crippen molar-refractivity contribution in [1.29, 1.82) is 0 Å². The highest BCUT2D eigenvalue weighted by atomic mass is 16.7. The molecule has 0 aliphatic carbocycles. The van der Waals surface area contributed by atoms with Gasteiger partial charge in [0.15, 0.2) is 6.29 Å². The van der Waals surface area contributed by atoms with Gasteiger partial charge in [-0.1, -0.05) is 0 Å². The van der Waals surface area contributed by atoms with Gasteiger partial charge < -0.3 is 55.7 Å². The number of ether oxygens (including phenoxy) is 2. The van der Waals surface area contributed by atoms with Crippen molar-refractivity contribution in [2.75, 3.05) is 13.2 Å². The highest BCUT2D eigenvalue weighted by molar-refractivity contribution is 5.58. The number of aldehydes is 1. The van der Waals surface area contributed by atoms with E-state index in [1.807, 2.05) is 0 Å². The van der Waals surface area contributed by atoms with E-state index in [1.54, 1.807) is 0 Å². The van der Waals surface area contributed by atoms with E-state index in [9.17, 15) is 30.3 Å². The van der Waals surface area contributed by atoms with Crippen LogP contribution in [0.25, 0.3) is 0 Å². The van der Waals surface area contributed by atoms with E-state index < -0.39 is 68.3 Å². The summed E-state index contributed by atoms with van der Waals surface area (Å²) in [5, 5.41) is 66.4. The van der Waals surface area contributed by atoms with Crippen LogP contribution in [-0.4, -0.2) is 110 Å². The number of carbonyl (C=O) groups is 1. The predicted octanol–water partition coefficient (Wildman–Crippen LogP) is -5.59. The summed E-state index contributed by atoms with van der Waals surface area (Å²) >= 11 is 0. The molecule has 11 heteroatoms. The number of nitrogens with two attached hydrogens (primary N) is 1. The maximum Gasteiger partial charge on any atom is 0.187 e. The van der Waals surface area contributed by atoms with Gasteiger partial charge in [0, 0.05) is 0 Å². The SMILES string of the molecule is N[C@@H](C=O)[C@@H](O[C@@H]1O[C@H](CO)[C@@H](O)[C@H](O)[C@H]1O)[C@@H](O)[C@H](O)CO. The van der Waals surface area contributed by atoms with E-state index in [2.05, 4.69) is 0 Å². The van der Waals surface area contributed by atoms with Gasteiger partial charge in [-0.05, 0) is 0 Å². The normalized spacial score (nSPS) is 37.0. The number of hydrogen-bond donors (Lipinski definition) is 8. The number of rotatable bonds is 8. The summed E-state index contributed by atoms with van der Waals surface area (Å²) in [7, 11) is 0. The number of aliphatic hydroxyl groups is 7. The number of carbonyl (C=O) groups excluding carboxylic acids is 1. The second-order valence-corrected chi connectivity index (χ2v) is 5.25. The molecule has 0 aromatic heterocycles. The zero-order chi connectivity index (χ0) is 17.7. The summed E-state index contributed by atoms with van der Waals surface area (Å²) in [5.74, 6) is 0. The summed E-state index contributed by atoms with van der Waals surface area (Å²) in [6.07, 6.45) is -12.9. The van der Waals surface area contributed by atoms with E-state index >= 15 is 0 Å². The molecule has 0 saturated carbocycles. The van der Waals surface area contributed by atoms with Crippen molar-refractivity contribution in [3.05, 3.63) is 0 Å². The lowest BCUT2D eigenvalue weighted by molar-refractivity contribution is -0.320. The van der Waals surface area contributed by atoms with E-state index in [-0.39, 0.29) is 6.29 Å². The molecule has 1 aliphatic rings. The molecule has 0 spiro atoms. The minimum absolute atomic E-state index is 0.210. The largest absolute Gasteiger partial charge is 0.394 e. The Kier molecular flexibility index (Phi) is 7.89. The van der Waals surface area contributed by atoms with E-state index in [0.29, 0.717) is 0 Å². The summed E-state index contributed by atoms with van der Waals surface area (Å²) in [6, 6.07) is -1.45. The van der Waals surface area contributed by atoms with Crippen LogP contribution in [-0.2, 0) is 14.3 Å². The van der Waals surface area contributed by atoms with Crippen LogP contribution in [0.1, 0.15) is 0 Å². The first kappa shape index (κ1) is 20.3. The van der Waals surface area contributed by atoms with Crippen molar-refractivity contribution < 1.29 is 50.0 Å². The molecule has 1 aliphatic heterocycles. The Balaban J connectivity index is 2.91. The summed E-state index contributed by atoms with van der Waals surface area (Å²) in [4.78, 5) is 10.8. The van der Waals surface area contributed by atoms with E-state index in [1.165, 1.54) is 0 Å². The fourth-order valence-electron chi connectivity index (χ4n) is 2.14. The predicted molar refractivity (Wildman–Crippen MR) is 71.8 cm³/mol. The third kappa shape index (κ3) is 4.64. The molecule has 0 aromatic rings. The zero-order valence-electron chi connectivity index (χ0n) is 12.1. The van der Waals surface area contributed by atoms with Crippen molar-refractivity contribution in [3.63, 3.8) is 0 Å². The minimum Gasteiger partial charge on any atom is -0.394 e. The molecule has 136 valence electrons. The van der Waals surface area contributed by atoms with Gasteiger partial charge in [-0.15, -0.1) is 0 Å². The van der Waals surface area contributed by atoms with Crippen LogP contribution in [0.15, 0.2) is 0 Å². The Morgan fingerprint density at radius 2 is 1.74 bits per heavy atom. The second-order valence-electron chi connectivity index (χ2n) is 5.25. The van der Waals surface area contributed by atoms with Gasteiger partial charge in [0.25, 0.3) is 0 Å². The molecule has 1 fully saturated rings. The summed E-state index contributed by atoms with van der Waals surface area (Å²) in [5.41, 5.74) is 5.46. The third-order valence-corrected chi connectivity index (χ3v) is 3.59. The molecule has 9 atom stereocenters. The van der Waals surface area contributed by atoms with Gasteiger partial charge in [0.2, 0.25) is 0 Å². The number of hydrogen-bond acceptors (Lipinski definition) is 11. The quantitative estimate of drug-likeness (QED) is 0.195. The Bertz CT molecular complexity index is 370. The molecule has 1 rings (SSSR count). The highest BCUT2D eigenvalue weighted by Gasteiger charge is 2.46. The average molecular weight is 341 g/mol. The van der Waals surface area contributed by atoms with Crippen LogP contribution in [0.4, 0.5) is 0 Å². The van der Waals surface area contributed by atoms with Crippen LogP contribution in [0.5, 0.6) is 0 Å². The van der Waals surface area contributed by atoms with Crippen LogP contribution in [0.3, 0.4) is 0 Å². The van der Waals surface area contributed by atoms with Crippen LogP contribution < -0.4 is 5.73 Å². The lowest BCUT2D eigenvalue weighted by Gasteiger charge is -2.42. The zero-order valence-corrected chi connectivity index (χ0v) is 12.1. The van der Waals surface area contributed by atoms with Gasteiger partial charge in [0.05, 0.1) is 19.3 Å². The van der Waals surface area contributed by atoms with Crippen molar-refractivity contribution in [1.82, 2.24) is 0 Å². The summed E-state index contributed by atoms with van der Waals surface area (Å²) in [6.45, 7) is -1.54. The van der Waals surface area contributed by atoms with E-state index in [0.717, 1.165) is 0 Å². The van der Waals surface area contributed by atoms with Gasteiger partial charge in [0.1, 0.15) is 49.0 Å². The Morgan fingerprint density at radius 3 is 2.22 bits per heavy atom. The molecule has 0 bridgehead atoms. The molecular weight excluding hydrogens is 318 g/mol. The number of aliphatic hydroxyl groups excluding tert-OH is 7. The van der Waals surface area contributed by atoms with Gasteiger partial charge in [-0.2, -0.15) is 0 Å². The highest BCUT2D eigenvalue weighted by Crippen LogP contribution is 2.24. The molecule has 0 amide bonds. The first-order chi connectivity index (χ1) is 10.8. The molecular formula is C12H23NO10. The monoisotopic (exact) mass is 341 g/mol. The van der Waals surface area contributed by atoms with Gasteiger partial charge >= 0.3 is 0 Å². The average Bonchev–Trinajstić information content (AvgIpc) is 2.57. The van der Waals surface area contributed by atoms with Crippen LogP contribution in [0.2, 0.25) is 0 Å². The van der Waals surface area contributed by atoms with Gasteiger partial charge in [-0.3, -0.25) is 0 Å². The first-order valence-corrected chi connectivity index (χ1v) is 6.92. The Hall–Kier alpha value is -0.730. The lowest BCUT2D eigenvalue weighted by Crippen LogP contribution is -2.62. The standard InChI is InChI=1S/C12H23NO10/c13-4(1-14)11(7(18)5(17)2-15)23-12-10(21)9(20)8(19)6(3-16)22-12/h1,4-12,15-21H,2-3,13H2/t4-,5+,6+,7-,8+,9-,10+,11+,12-/m0/s1. The second kappa shape index (κ2) is 8.94. The van der Waals surface area contributed by atoms with E-state index in [4.69, 9.17) is 25.4 Å². The Labute approximate surface area is 131 Å². The molecule has 0 aromatic carbocycles. The minimum atomic E-state index is -1.80. The first-order valence-electron chi connectivity index (χ1n) is 6.92. The molecule has 23 heavy (non-hydrogen) atoms. The van der Waals surface area contributed by atoms with Crippen LogP contribution in [0, 0.1) is 0 Å². The van der Waals surface area contributed by atoms with Crippen molar-refractivity contribution in [2.24, 2.45) is 5.73 Å². The van der Waals surface area contributed by atoms with Gasteiger partial charge in [-0.25, -0.2) is 0 Å². The molecule has 1 heterocycles. The van der Waals surface area contributed by atoms with Crippen molar-refractivity contribution >= 4 is 6.29 Å². The topological polar surface area (TPSA) is 203 Å². The molecule has 11 nitrogen and oxygen atoms in total. The maximum absolute atomic E-state index is 10.8. The molecule has 9 N–H and O–H groups in total. The molecule has 1 saturated heterocycles. The third-order valence-electron chi connectivity index (χ3n) is 3.59.